The topological polar surface area (TPSA) is 23.5 Å². The van der Waals surface area contributed by atoms with Crippen molar-refractivity contribution in [2.75, 3.05) is 13.1 Å². The lowest BCUT2D eigenvalue weighted by Gasteiger charge is -2.28. The van der Waals surface area contributed by atoms with Crippen molar-refractivity contribution in [3.8, 4) is 0 Å². The molecule has 0 saturated carbocycles. The number of aliphatic hydroxyl groups is 1. The second-order valence-electron chi connectivity index (χ2n) is 3.79. The molecule has 0 bridgehead atoms. The van der Waals surface area contributed by atoms with Gasteiger partial charge in [0, 0.05) is 12.6 Å². The molecule has 0 fully saturated rings. The Morgan fingerprint density at radius 3 is 2.23 bits per heavy atom. The Balaban J connectivity index is 3.82. The molecule has 0 heterocycles. The number of likely N-dealkylation sites (N-methyl/N-ethyl adjacent to an activating group) is 1. The minimum atomic E-state index is -0.140. The molecule has 0 rings (SSSR count). The zero-order valence-corrected chi connectivity index (χ0v) is 9.58. The van der Waals surface area contributed by atoms with E-state index in [2.05, 4.69) is 32.6 Å². The molecular formula is C11H25NO. The molecule has 0 aliphatic heterocycles. The minimum absolute atomic E-state index is 0.140. The molecule has 0 spiro atoms. The Hall–Kier alpha value is -0.0800. The van der Waals surface area contributed by atoms with Crippen molar-refractivity contribution >= 4 is 0 Å². The maximum absolute atomic E-state index is 9.65. The predicted molar refractivity (Wildman–Crippen MR) is 57.9 cm³/mol. The molecule has 0 aliphatic carbocycles. The van der Waals surface area contributed by atoms with Gasteiger partial charge in [0.2, 0.25) is 0 Å². The quantitative estimate of drug-likeness (QED) is 0.661. The van der Waals surface area contributed by atoms with E-state index in [0.29, 0.717) is 6.04 Å². The average Bonchev–Trinajstić information content (AvgIpc) is 2.13. The highest BCUT2D eigenvalue weighted by Crippen LogP contribution is 2.06. The fraction of sp³-hybridized carbons (Fsp3) is 1.00. The number of nitrogens with zero attached hydrogens (tertiary/aromatic N) is 1. The van der Waals surface area contributed by atoms with Gasteiger partial charge in [-0.25, -0.2) is 0 Å². The van der Waals surface area contributed by atoms with Crippen molar-refractivity contribution < 1.29 is 5.11 Å². The first-order chi connectivity index (χ1) is 6.15. The largest absolute Gasteiger partial charge is 0.392 e. The third-order valence-electron chi connectivity index (χ3n) is 2.69. The molecule has 0 radical (unpaired) electrons. The van der Waals surface area contributed by atoms with E-state index in [1.54, 1.807) is 0 Å². The zero-order valence-electron chi connectivity index (χ0n) is 9.58. The van der Waals surface area contributed by atoms with Gasteiger partial charge >= 0.3 is 0 Å². The normalized spacial score (nSPS) is 16.2. The van der Waals surface area contributed by atoms with Crippen LogP contribution in [0, 0.1) is 0 Å². The number of aliphatic hydroxyl groups excluding tert-OH is 1. The molecule has 2 atom stereocenters. The first-order valence-corrected chi connectivity index (χ1v) is 5.57. The summed E-state index contributed by atoms with van der Waals surface area (Å²) in [6.07, 6.45) is 3.01. The highest BCUT2D eigenvalue weighted by Gasteiger charge is 2.13. The molecule has 0 aromatic carbocycles. The summed E-state index contributed by atoms with van der Waals surface area (Å²) in [4.78, 5) is 2.35. The lowest BCUT2D eigenvalue weighted by Crippen LogP contribution is -2.38. The van der Waals surface area contributed by atoms with Gasteiger partial charge in [-0.05, 0) is 26.3 Å². The van der Waals surface area contributed by atoms with Crippen molar-refractivity contribution in [3.05, 3.63) is 0 Å². The first-order valence-electron chi connectivity index (χ1n) is 5.57. The van der Waals surface area contributed by atoms with Crippen LogP contribution in [0.1, 0.15) is 47.0 Å². The van der Waals surface area contributed by atoms with E-state index in [1.165, 1.54) is 0 Å². The summed E-state index contributed by atoms with van der Waals surface area (Å²) in [5.74, 6) is 0. The predicted octanol–water partition coefficient (Wildman–Crippen LogP) is 2.27. The van der Waals surface area contributed by atoms with Gasteiger partial charge in [0.05, 0.1) is 6.10 Å². The number of hydrogen-bond acceptors (Lipinski definition) is 2. The molecule has 0 amide bonds. The van der Waals surface area contributed by atoms with E-state index in [1.807, 2.05) is 0 Å². The lowest BCUT2D eigenvalue weighted by molar-refractivity contribution is 0.0869. The van der Waals surface area contributed by atoms with Crippen molar-refractivity contribution in [2.45, 2.75) is 59.1 Å². The molecule has 0 saturated heterocycles. The molecule has 2 unspecified atom stereocenters. The van der Waals surface area contributed by atoms with Crippen LogP contribution in [0.5, 0.6) is 0 Å². The Kier molecular flexibility index (Phi) is 7.29. The fourth-order valence-corrected chi connectivity index (χ4v) is 1.57. The molecule has 2 heteroatoms. The lowest BCUT2D eigenvalue weighted by atomic mass is 10.1. The molecule has 0 aromatic heterocycles. The summed E-state index contributed by atoms with van der Waals surface area (Å²) in [5, 5.41) is 9.65. The highest BCUT2D eigenvalue weighted by atomic mass is 16.3. The molecule has 80 valence electrons. The Morgan fingerprint density at radius 1 is 1.23 bits per heavy atom. The van der Waals surface area contributed by atoms with Crippen LogP contribution in [0.15, 0.2) is 0 Å². The van der Waals surface area contributed by atoms with Crippen LogP contribution in [0.2, 0.25) is 0 Å². The second-order valence-corrected chi connectivity index (χ2v) is 3.79. The van der Waals surface area contributed by atoms with Crippen LogP contribution in [-0.2, 0) is 0 Å². The molecule has 0 aromatic rings. The third-order valence-corrected chi connectivity index (χ3v) is 2.69. The maximum atomic E-state index is 9.65. The van der Waals surface area contributed by atoms with Crippen molar-refractivity contribution in [1.82, 2.24) is 4.90 Å². The fourth-order valence-electron chi connectivity index (χ4n) is 1.57. The van der Waals surface area contributed by atoms with Crippen LogP contribution >= 0.6 is 0 Å². The summed E-state index contributed by atoms with van der Waals surface area (Å²) < 4.78 is 0. The van der Waals surface area contributed by atoms with Gasteiger partial charge in [-0.1, -0.05) is 27.2 Å². The van der Waals surface area contributed by atoms with Crippen LogP contribution < -0.4 is 0 Å². The van der Waals surface area contributed by atoms with E-state index >= 15 is 0 Å². The van der Waals surface area contributed by atoms with Gasteiger partial charge in [-0.3, -0.25) is 4.90 Å². The van der Waals surface area contributed by atoms with E-state index in [9.17, 15) is 5.11 Å². The number of hydrogen-bond donors (Lipinski definition) is 1. The van der Waals surface area contributed by atoms with Crippen LogP contribution in [0.4, 0.5) is 0 Å². The summed E-state index contributed by atoms with van der Waals surface area (Å²) in [6, 6.07) is 0.594. The van der Waals surface area contributed by atoms with Gasteiger partial charge in [0.1, 0.15) is 0 Å². The van der Waals surface area contributed by atoms with Crippen molar-refractivity contribution in [2.24, 2.45) is 0 Å². The average molecular weight is 187 g/mol. The smallest absolute Gasteiger partial charge is 0.0667 e. The summed E-state index contributed by atoms with van der Waals surface area (Å²) in [6.45, 7) is 10.6. The minimum Gasteiger partial charge on any atom is -0.392 e. The molecule has 2 nitrogen and oxygen atoms in total. The maximum Gasteiger partial charge on any atom is 0.0667 e. The Morgan fingerprint density at radius 2 is 1.85 bits per heavy atom. The Labute approximate surface area is 82.9 Å². The number of rotatable bonds is 7. The van der Waals surface area contributed by atoms with Gasteiger partial charge in [0.15, 0.2) is 0 Å². The van der Waals surface area contributed by atoms with Gasteiger partial charge in [-0.15, -0.1) is 0 Å². The van der Waals surface area contributed by atoms with Crippen molar-refractivity contribution in [1.29, 1.82) is 0 Å². The second kappa shape index (κ2) is 7.34. The van der Waals surface area contributed by atoms with Gasteiger partial charge in [-0.2, -0.15) is 0 Å². The van der Waals surface area contributed by atoms with Gasteiger partial charge < -0.3 is 5.11 Å². The van der Waals surface area contributed by atoms with Crippen LogP contribution in [0.3, 0.4) is 0 Å². The molecular weight excluding hydrogens is 162 g/mol. The monoisotopic (exact) mass is 187 g/mol. The van der Waals surface area contributed by atoms with Crippen molar-refractivity contribution in [3.63, 3.8) is 0 Å². The van der Waals surface area contributed by atoms with E-state index in [-0.39, 0.29) is 6.10 Å². The Bertz CT molecular complexity index is 117. The highest BCUT2D eigenvalue weighted by molar-refractivity contribution is 4.68. The SMILES string of the molecule is CCCC(O)CN(CC)C(C)CC. The molecule has 13 heavy (non-hydrogen) atoms. The first kappa shape index (κ1) is 12.9. The van der Waals surface area contributed by atoms with E-state index < -0.39 is 0 Å². The van der Waals surface area contributed by atoms with Crippen LogP contribution in [0.25, 0.3) is 0 Å². The molecule has 0 aliphatic rings. The summed E-state index contributed by atoms with van der Waals surface area (Å²) in [5.41, 5.74) is 0. The summed E-state index contributed by atoms with van der Waals surface area (Å²) in [7, 11) is 0. The van der Waals surface area contributed by atoms with Crippen LogP contribution in [-0.4, -0.2) is 35.2 Å². The standard InChI is InChI=1S/C11H25NO/c1-5-8-11(13)9-12(7-3)10(4)6-2/h10-11,13H,5-9H2,1-4H3. The zero-order chi connectivity index (χ0) is 10.3. The third kappa shape index (κ3) is 5.27. The van der Waals surface area contributed by atoms with Gasteiger partial charge in [0.25, 0.3) is 0 Å². The molecule has 1 N–H and O–H groups in total. The summed E-state index contributed by atoms with van der Waals surface area (Å²) >= 11 is 0. The van der Waals surface area contributed by atoms with E-state index in [0.717, 1.165) is 32.4 Å². The van der Waals surface area contributed by atoms with E-state index in [4.69, 9.17) is 0 Å².